The van der Waals surface area contributed by atoms with Gasteiger partial charge in [0.2, 0.25) is 5.95 Å². The lowest BCUT2D eigenvalue weighted by Gasteiger charge is -2.31. The molecule has 3 aromatic rings. The van der Waals surface area contributed by atoms with E-state index in [9.17, 15) is 4.79 Å². The Morgan fingerprint density at radius 3 is 2.53 bits per heavy atom. The molecule has 0 bridgehead atoms. The van der Waals surface area contributed by atoms with Crippen LogP contribution in [0.25, 0.3) is 11.2 Å². The van der Waals surface area contributed by atoms with E-state index in [2.05, 4.69) is 55.4 Å². The largest absolute Gasteiger partial charge is 0.466 e. The van der Waals surface area contributed by atoms with Crippen molar-refractivity contribution in [1.29, 1.82) is 0 Å². The molecule has 0 radical (unpaired) electrons. The molecule has 1 aliphatic carbocycles. The number of benzene rings is 1. The van der Waals surface area contributed by atoms with Crippen LogP contribution in [0.1, 0.15) is 88.2 Å². The summed E-state index contributed by atoms with van der Waals surface area (Å²) in [6.45, 7) is 13.0. The summed E-state index contributed by atoms with van der Waals surface area (Å²) >= 11 is 0. The molecule has 1 saturated carbocycles. The predicted octanol–water partition coefficient (Wildman–Crippen LogP) is 5.53. The van der Waals surface area contributed by atoms with E-state index in [4.69, 9.17) is 19.7 Å². The van der Waals surface area contributed by atoms with Gasteiger partial charge in [-0.3, -0.25) is 4.79 Å². The van der Waals surface area contributed by atoms with Crippen molar-refractivity contribution in [1.82, 2.24) is 19.5 Å². The number of carbonyl (C=O) groups is 1. The van der Waals surface area contributed by atoms with Crippen LogP contribution in [-0.4, -0.2) is 45.2 Å². The normalized spacial score (nSPS) is 17.1. The molecular formula is C29H39N5O2. The highest BCUT2D eigenvalue weighted by atomic mass is 16.5. The molecule has 1 saturated heterocycles. The van der Waals surface area contributed by atoms with Crippen LogP contribution in [0, 0.1) is 12.8 Å². The van der Waals surface area contributed by atoms with Crippen LogP contribution in [0.5, 0.6) is 0 Å². The monoisotopic (exact) mass is 489 g/mol. The van der Waals surface area contributed by atoms with Gasteiger partial charge in [0.1, 0.15) is 5.52 Å². The van der Waals surface area contributed by atoms with Crippen molar-refractivity contribution in [2.75, 3.05) is 24.6 Å². The number of rotatable bonds is 7. The van der Waals surface area contributed by atoms with Gasteiger partial charge in [-0.2, -0.15) is 4.98 Å². The molecule has 0 spiro atoms. The van der Waals surface area contributed by atoms with Crippen LogP contribution in [0.3, 0.4) is 0 Å². The second-order valence-corrected chi connectivity index (χ2v) is 11.5. The van der Waals surface area contributed by atoms with Gasteiger partial charge in [0.25, 0.3) is 0 Å². The number of nitrogens with zero attached hydrogens (tertiary/aromatic N) is 5. The van der Waals surface area contributed by atoms with Crippen LogP contribution >= 0.6 is 0 Å². The van der Waals surface area contributed by atoms with E-state index in [1.807, 2.05) is 13.3 Å². The zero-order valence-electron chi connectivity index (χ0n) is 22.4. The van der Waals surface area contributed by atoms with E-state index >= 15 is 0 Å². The molecule has 2 aliphatic rings. The van der Waals surface area contributed by atoms with Crippen molar-refractivity contribution in [3.8, 4) is 0 Å². The van der Waals surface area contributed by atoms with Gasteiger partial charge in [-0.25, -0.2) is 9.97 Å². The van der Waals surface area contributed by atoms with Crippen LogP contribution in [-0.2, 0) is 21.4 Å². The minimum absolute atomic E-state index is 0.0885. The second-order valence-electron chi connectivity index (χ2n) is 11.5. The molecule has 5 rings (SSSR count). The molecule has 1 aromatic carbocycles. The molecule has 0 amide bonds. The number of piperidine rings is 1. The lowest BCUT2D eigenvalue weighted by atomic mass is 9.84. The summed E-state index contributed by atoms with van der Waals surface area (Å²) < 4.78 is 7.45. The molecule has 7 nitrogen and oxygen atoms in total. The van der Waals surface area contributed by atoms with Crippen LogP contribution in [0.15, 0.2) is 24.5 Å². The Labute approximate surface area is 214 Å². The van der Waals surface area contributed by atoms with Gasteiger partial charge in [0.15, 0.2) is 5.65 Å². The minimum atomic E-state index is -0.0885. The van der Waals surface area contributed by atoms with Crippen molar-refractivity contribution in [2.24, 2.45) is 5.92 Å². The van der Waals surface area contributed by atoms with E-state index in [0.717, 1.165) is 55.2 Å². The first kappa shape index (κ1) is 24.7. The third-order valence-corrected chi connectivity index (χ3v) is 7.66. The zero-order chi connectivity index (χ0) is 25.4. The Bertz CT molecular complexity index is 1250. The SMILES string of the molecule is CCOC(=O)CC1CCN(c2nc(Cc3cc(C(C)(C)C)ccc3C)c3c(ncn3C3CC3)n2)CC1. The number of carbonyl (C=O) groups excluding carboxylic acids is 1. The number of esters is 1. The summed E-state index contributed by atoms with van der Waals surface area (Å²) in [5, 5.41) is 0. The number of aryl methyl sites for hydroxylation is 1. The van der Waals surface area contributed by atoms with E-state index in [1.165, 1.54) is 29.5 Å². The number of imidazole rings is 1. The Morgan fingerprint density at radius 2 is 1.86 bits per heavy atom. The summed E-state index contributed by atoms with van der Waals surface area (Å²) in [5.74, 6) is 1.03. The molecule has 36 heavy (non-hydrogen) atoms. The molecule has 2 fully saturated rings. The van der Waals surface area contributed by atoms with Gasteiger partial charge in [0, 0.05) is 32.0 Å². The average molecular weight is 490 g/mol. The van der Waals surface area contributed by atoms with Gasteiger partial charge in [0.05, 0.1) is 18.6 Å². The Balaban J connectivity index is 1.44. The highest BCUT2D eigenvalue weighted by Crippen LogP contribution is 2.38. The molecule has 0 unspecified atom stereocenters. The molecule has 192 valence electrons. The summed E-state index contributed by atoms with van der Waals surface area (Å²) in [5.41, 5.74) is 6.96. The standard InChI is InChI=1S/C29H39N5O2/c1-6-36-25(35)15-20-11-13-33(14-12-20)28-31-24(26-27(32-28)30-18-34(26)23-9-10-23)17-21-16-22(29(3,4)5)8-7-19(21)2/h7-8,16,18,20,23H,6,9-15,17H2,1-5H3. The number of hydrogen-bond acceptors (Lipinski definition) is 6. The number of fused-ring (bicyclic) bond motifs is 1. The Kier molecular flexibility index (Phi) is 6.75. The van der Waals surface area contributed by atoms with Crippen molar-refractivity contribution < 1.29 is 9.53 Å². The van der Waals surface area contributed by atoms with E-state index in [0.29, 0.717) is 25.0 Å². The number of hydrogen-bond donors (Lipinski definition) is 0. The van der Waals surface area contributed by atoms with Crippen LogP contribution in [0.2, 0.25) is 0 Å². The summed E-state index contributed by atoms with van der Waals surface area (Å²) in [6, 6.07) is 7.35. The van der Waals surface area contributed by atoms with Gasteiger partial charge in [-0.15, -0.1) is 0 Å². The van der Waals surface area contributed by atoms with Gasteiger partial charge < -0.3 is 14.2 Å². The van der Waals surface area contributed by atoms with E-state index in [1.54, 1.807) is 0 Å². The van der Waals surface area contributed by atoms with Crippen molar-refractivity contribution in [3.05, 3.63) is 46.9 Å². The van der Waals surface area contributed by atoms with Crippen LogP contribution in [0.4, 0.5) is 5.95 Å². The minimum Gasteiger partial charge on any atom is -0.466 e. The summed E-state index contributed by atoms with van der Waals surface area (Å²) in [6.07, 6.45) is 7.49. The van der Waals surface area contributed by atoms with Gasteiger partial charge in [-0.05, 0) is 67.6 Å². The predicted molar refractivity (Wildman–Crippen MR) is 142 cm³/mol. The topological polar surface area (TPSA) is 73.1 Å². The molecule has 3 heterocycles. The molecule has 7 heteroatoms. The molecule has 0 atom stereocenters. The van der Waals surface area contributed by atoms with Crippen molar-refractivity contribution in [2.45, 2.75) is 84.6 Å². The highest BCUT2D eigenvalue weighted by molar-refractivity contribution is 5.76. The first-order valence-corrected chi connectivity index (χ1v) is 13.5. The number of anilines is 1. The second kappa shape index (κ2) is 9.83. The molecular weight excluding hydrogens is 450 g/mol. The lowest BCUT2D eigenvalue weighted by molar-refractivity contribution is -0.144. The quantitative estimate of drug-likeness (QED) is 0.407. The zero-order valence-corrected chi connectivity index (χ0v) is 22.4. The maximum atomic E-state index is 11.9. The van der Waals surface area contributed by atoms with Crippen molar-refractivity contribution in [3.63, 3.8) is 0 Å². The third kappa shape index (κ3) is 5.25. The maximum absolute atomic E-state index is 11.9. The van der Waals surface area contributed by atoms with Gasteiger partial charge >= 0.3 is 5.97 Å². The smallest absolute Gasteiger partial charge is 0.306 e. The molecule has 0 N–H and O–H groups in total. The fraction of sp³-hybridized carbons (Fsp3) is 0.586. The highest BCUT2D eigenvalue weighted by Gasteiger charge is 2.29. The van der Waals surface area contributed by atoms with E-state index < -0.39 is 0 Å². The fourth-order valence-electron chi connectivity index (χ4n) is 5.20. The fourth-order valence-corrected chi connectivity index (χ4v) is 5.20. The van der Waals surface area contributed by atoms with Crippen LogP contribution < -0.4 is 4.90 Å². The van der Waals surface area contributed by atoms with Gasteiger partial charge in [-0.1, -0.05) is 39.0 Å². The summed E-state index contributed by atoms with van der Waals surface area (Å²) in [7, 11) is 0. The third-order valence-electron chi connectivity index (χ3n) is 7.66. The molecule has 2 aromatic heterocycles. The number of ether oxygens (including phenoxy) is 1. The Morgan fingerprint density at radius 1 is 1.11 bits per heavy atom. The first-order chi connectivity index (χ1) is 17.2. The van der Waals surface area contributed by atoms with E-state index in [-0.39, 0.29) is 11.4 Å². The lowest BCUT2D eigenvalue weighted by Crippen LogP contribution is -2.35. The van der Waals surface area contributed by atoms with Crippen molar-refractivity contribution >= 4 is 23.1 Å². The first-order valence-electron chi connectivity index (χ1n) is 13.5. The maximum Gasteiger partial charge on any atom is 0.306 e. The summed E-state index contributed by atoms with van der Waals surface area (Å²) in [4.78, 5) is 29.0. The number of aromatic nitrogens is 4. The Hall–Kier alpha value is -2.96. The average Bonchev–Trinajstić information content (AvgIpc) is 3.59. The molecule has 1 aliphatic heterocycles.